The van der Waals surface area contributed by atoms with Crippen LogP contribution in [0.3, 0.4) is 0 Å². The van der Waals surface area contributed by atoms with Gasteiger partial charge in [0.1, 0.15) is 0 Å². The molecule has 0 aliphatic carbocycles. The highest BCUT2D eigenvalue weighted by atomic mass is 19.4. The van der Waals surface area contributed by atoms with Gasteiger partial charge in [-0.15, -0.1) is 0 Å². The number of phenols is 1. The Labute approximate surface area is 146 Å². The smallest absolute Gasteiger partial charge is 0.435 e. The number of rotatable bonds is 3. The summed E-state index contributed by atoms with van der Waals surface area (Å²) in [5.74, 6) is -0.978. The number of amides is 1. The molecule has 1 heterocycles. The Balaban J connectivity index is 2.08. The van der Waals surface area contributed by atoms with Crippen LogP contribution in [-0.4, -0.2) is 30.0 Å². The molecular formula is C18H13F3N2O3. The van der Waals surface area contributed by atoms with Gasteiger partial charge in [-0.25, -0.2) is 0 Å². The zero-order chi connectivity index (χ0) is 18.9. The van der Waals surface area contributed by atoms with Crippen LogP contribution in [0, 0.1) is 0 Å². The van der Waals surface area contributed by atoms with E-state index in [4.69, 9.17) is 4.74 Å². The maximum absolute atomic E-state index is 13.4. The van der Waals surface area contributed by atoms with Gasteiger partial charge in [0.15, 0.2) is 17.2 Å². The van der Waals surface area contributed by atoms with Crippen molar-refractivity contribution in [2.24, 2.45) is 5.10 Å². The van der Waals surface area contributed by atoms with Gasteiger partial charge in [0.2, 0.25) is 0 Å². The van der Waals surface area contributed by atoms with Crippen LogP contribution in [-0.2, 0) is 4.79 Å². The number of anilines is 1. The minimum atomic E-state index is -4.80. The third-order valence-electron chi connectivity index (χ3n) is 3.66. The molecule has 1 aliphatic heterocycles. The summed E-state index contributed by atoms with van der Waals surface area (Å²) in [5.41, 5.74) is -1.38. The van der Waals surface area contributed by atoms with Crippen molar-refractivity contribution in [1.82, 2.24) is 0 Å². The van der Waals surface area contributed by atoms with Gasteiger partial charge in [0, 0.05) is 0 Å². The van der Waals surface area contributed by atoms with Gasteiger partial charge in [-0.2, -0.15) is 23.3 Å². The lowest BCUT2D eigenvalue weighted by Crippen LogP contribution is -2.25. The summed E-state index contributed by atoms with van der Waals surface area (Å²) in [5, 5.41) is 13.8. The molecule has 0 spiro atoms. The Morgan fingerprint density at radius 2 is 1.85 bits per heavy atom. The third kappa shape index (κ3) is 3.26. The molecule has 0 radical (unpaired) electrons. The van der Waals surface area contributed by atoms with Crippen molar-refractivity contribution in [3.8, 4) is 11.5 Å². The Hall–Kier alpha value is -3.29. The largest absolute Gasteiger partial charge is 0.504 e. The van der Waals surface area contributed by atoms with E-state index in [9.17, 15) is 23.1 Å². The van der Waals surface area contributed by atoms with Gasteiger partial charge < -0.3 is 9.84 Å². The minimum absolute atomic E-state index is 0.0789. The lowest BCUT2D eigenvalue weighted by molar-refractivity contribution is -0.114. The van der Waals surface area contributed by atoms with Gasteiger partial charge >= 0.3 is 6.18 Å². The van der Waals surface area contributed by atoms with E-state index in [0.29, 0.717) is 5.01 Å². The lowest BCUT2D eigenvalue weighted by Gasteiger charge is -2.11. The number of phenolic OH excluding ortho intramolecular Hbond substituents is 1. The van der Waals surface area contributed by atoms with E-state index in [0.717, 1.165) is 6.08 Å². The first-order valence-electron chi connectivity index (χ1n) is 7.45. The molecule has 26 heavy (non-hydrogen) atoms. The van der Waals surface area contributed by atoms with Crippen molar-refractivity contribution in [2.45, 2.75) is 6.18 Å². The first-order chi connectivity index (χ1) is 12.3. The van der Waals surface area contributed by atoms with Crippen LogP contribution in [0.25, 0.3) is 6.08 Å². The maximum Gasteiger partial charge on any atom is 0.435 e. The Morgan fingerprint density at radius 1 is 1.15 bits per heavy atom. The number of nitrogens with zero attached hydrogens (tertiary/aromatic N) is 2. The fourth-order valence-electron chi connectivity index (χ4n) is 2.45. The molecule has 3 rings (SSSR count). The van der Waals surface area contributed by atoms with Gasteiger partial charge in [0.05, 0.1) is 18.4 Å². The molecule has 0 fully saturated rings. The highest BCUT2D eigenvalue weighted by molar-refractivity contribution is 6.34. The van der Waals surface area contributed by atoms with Crippen molar-refractivity contribution in [3.05, 3.63) is 59.7 Å². The predicted molar refractivity (Wildman–Crippen MR) is 90.1 cm³/mol. The van der Waals surface area contributed by atoms with E-state index >= 15 is 0 Å². The van der Waals surface area contributed by atoms with E-state index in [1.165, 1.54) is 37.4 Å². The number of benzene rings is 2. The average Bonchev–Trinajstić information content (AvgIpc) is 2.94. The van der Waals surface area contributed by atoms with Gasteiger partial charge in [0.25, 0.3) is 5.91 Å². The van der Waals surface area contributed by atoms with Crippen LogP contribution in [0.2, 0.25) is 0 Å². The first-order valence-corrected chi connectivity index (χ1v) is 7.45. The van der Waals surface area contributed by atoms with Crippen molar-refractivity contribution in [1.29, 1.82) is 0 Å². The molecule has 1 N–H and O–H groups in total. The molecule has 0 aromatic heterocycles. The second kappa shape index (κ2) is 6.55. The number of hydrazone groups is 1. The second-order valence-electron chi connectivity index (χ2n) is 5.39. The first kappa shape index (κ1) is 17.5. The molecule has 5 nitrogen and oxygen atoms in total. The number of para-hydroxylation sites is 1. The zero-order valence-electron chi connectivity index (χ0n) is 13.5. The Kier molecular flexibility index (Phi) is 4.41. The molecule has 1 amide bonds. The number of halogens is 3. The van der Waals surface area contributed by atoms with E-state index < -0.39 is 23.4 Å². The molecule has 0 bridgehead atoms. The summed E-state index contributed by atoms with van der Waals surface area (Å²) < 4.78 is 45.0. The number of aromatic hydroxyl groups is 1. The number of hydrogen-bond donors (Lipinski definition) is 1. The van der Waals surface area contributed by atoms with Gasteiger partial charge in [-0.05, 0) is 35.9 Å². The molecule has 134 valence electrons. The number of alkyl halides is 3. The van der Waals surface area contributed by atoms with Crippen LogP contribution in [0.1, 0.15) is 5.56 Å². The quantitative estimate of drug-likeness (QED) is 0.846. The molecule has 2 aromatic carbocycles. The van der Waals surface area contributed by atoms with Crippen molar-refractivity contribution < 1.29 is 27.8 Å². The molecule has 0 saturated carbocycles. The van der Waals surface area contributed by atoms with Crippen LogP contribution < -0.4 is 9.75 Å². The monoisotopic (exact) mass is 362 g/mol. The summed E-state index contributed by atoms with van der Waals surface area (Å²) in [7, 11) is 1.31. The van der Waals surface area contributed by atoms with Crippen molar-refractivity contribution in [3.63, 3.8) is 0 Å². The van der Waals surface area contributed by atoms with Crippen molar-refractivity contribution in [2.75, 3.05) is 12.1 Å². The number of ether oxygens (including phenoxy) is 1. The number of hydrogen-bond acceptors (Lipinski definition) is 4. The lowest BCUT2D eigenvalue weighted by atomic mass is 10.1. The van der Waals surface area contributed by atoms with Crippen LogP contribution in [0.15, 0.2) is 59.2 Å². The highest BCUT2D eigenvalue weighted by Crippen LogP contribution is 2.33. The molecule has 8 heteroatoms. The minimum Gasteiger partial charge on any atom is -0.504 e. The summed E-state index contributed by atoms with van der Waals surface area (Å²) in [4.78, 5) is 12.6. The Bertz CT molecular complexity index is 906. The normalized spacial score (nSPS) is 16.2. The highest BCUT2D eigenvalue weighted by Gasteiger charge is 2.46. The fraction of sp³-hybridized carbons (Fsp3) is 0.111. The van der Waals surface area contributed by atoms with E-state index in [1.54, 1.807) is 18.2 Å². The maximum atomic E-state index is 13.4. The molecule has 0 atom stereocenters. The number of methoxy groups -OCH3 is 1. The topological polar surface area (TPSA) is 62.1 Å². The molecule has 1 aliphatic rings. The Morgan fingerprint density at radius 3 is 2.46 bits per heavy atom. The SMILES string of the molecule is COc1cc(/C=C2\C(=O)N(c3ccccc3)N=C2C(F)(F)F)ccc1O. The molecule has 0 unspecified atom stereocenters. The van der Waals surface area contributed by atoms with Crippen LogP contribution >= 0.6 is 0 Å². The average molecular weight is 362 g/mol. The van der Waals surface area contributed by atoms with E-state index in [1.807, 2.05) is 0 Å². The summed E-state index contributed by atoms with van der Waals surface area (Å²) in [6, 6.07) is 11.8. The second-order valence-corrected chi connectivity index (χ2v) is 5.39. The summed E-state index contributed by atoms with van der Waals surface area (Å²) >= 11 is 0. The summed E-state index contributed by atoms with van der Waals surface area (Å²) in [6.45, 7) is 0. The fourth-order valence-corrected chi connectivity index (χ4v) is 2.45. The molecule has 0 saturated heterocycles. The van der Waals surface area contributed by atoms with Crippen molar-refractivity contribution >= 4 is 23.4 Å². The number of carbonyl (C=O) groups excluding carboxylic acids is 1. The molecular weight excluding hydrogens is 349 g/mol. The zero-order valence-corrected chi connectivity index (χ0v) is 13.5. The van der Waals surface area contributed by atoms with E-state index in [-0.39, 0.29) is 22.7 Å². The van der Waals surface area contributed by atoms with Gasteiger partial charge in [-0.3, -0.25) is 4.79 Å². The standard InChI is InChI=1S/C18H13F3N2O3/c1-26-15-10-11(7-8-14(15)24)9-13-16(18(19,20)21)22-23(17(13)25)12-5-3-2-4-6-12/h2-10,24H,1H3/b13-9-. The third-order valence-corrected chi connectivity index (χ3v) is 3.66. The predicted octanol–water partition coefficient (Wildman–Crippen LogP) is 3.75. The summed E-state index contributed by atoms with van der Waals surface area (Å²) in [6.07, 6.45) is -3.73. The van der Waals surface area contributed by atoms with Crippen LogP contribution in [0.4, 0.5) is 18.9 Å². The van der Waals surface area contributed by atoms with Crippen LogP contribution in [0.5, 0.6) is 11.5 Å². The molecule has 2 aromatic rings. The number of carbonyl (C=O) groups is 1. The van der Waals surface area contributed by atoms with E-state index in [2.05, 4.69) is 5.10 Å². The van der Waals surface area contributed by atoms with Gasteiger partial charge in [-0.1, -0.05) is 24.3 Å².